The van der Waals surface area contributed by atoms with Gasteiger partial charge in [0.05, 0.1) is 18.6 Å². The number of hydrogen-bond acceptors (Lipinski definition) is 6. The Balaban J connectivity index is 1.87. The molecule has 1 heterocycles. The van der Waals surface area contributed by atoms with Gasteiger partial charge >= 0.3 is 5.69 Å². The third-order valence-electron chi connectivity index (χ3n) is 4.93. The molecule has 0 saturated carbocycles. The van der Waals surface area contributed by atoms with Crippen LogP contribution >= 0.6 is 0 Å². The van der Waals surface area contributed by atoms with Crippen LogP contribution in [0.15, 0.2) is 48.5 Å². The molecule has 0 bridgehead atoms. The number of pyridine rings is 1. The Hall–Kier alpha value is -3.45. The predicted octanol–water partition coefficient (Wildman–Crippen LogP) is 4.35. The van der Waals surface area contributed by atoms with Gasteiger partial charge in [0.2, 0.25) is 5.88 Å². The van der Waals surface area contributed by atoms with Gasteiger partial charge in [-0.3, -0.25) is 10.1 Å². The number of aliphatic hydroxyl groups is 1. The van der Waals surface area contributed by atoms with Crippen LogP contribution in [0.5, 0.6) is 11.8 Å². The molecule has 29 heavy (non-hydrogen) atoms. The van der Waals surface area contributed by atoms with E-state index in [0.717, 1.165) is 33.4 Å². The molecule has 0 saturated heterocycles. The van der Waals surface area contributed by atoms with Crippen LogP contribution in [-0.4, -0.2) is 22.1 Å². The van der Waals surface area contributed by atoms with E-state index in [0.29, 0.717) is 0 Å². The first kappa shape index (κ1) is 20.3. The van der Waals surface area contributed by atoms with E-state index in [1.54, 1.807) is 0 Å². The number of rotatable bonds is 7. The molecule has 0 aliphatic heterocycles. The Morgan fingerprint density at radius 2 is 1.62 bits per heavy atom. The topological polar surface area (TPSA) is 94.7 Å². The van der Waals surface area contributed by atoms with Gasteiger partial charge in [0.1, 0.15) is 6.61 Å². The highest BCUT2D eigenvalue weighted by Crippen LogP contribution is 2.31. The van der Waals surface area contributed by atoms with Gasteiger partial charge in [-0.15, -0.1) is 0 Å². The molecule has 3 aromatic rings. The van der Waals surface area contributed by atoms with Gasteiger partial charge in [-0.1, -0.05) is 36.4 Å². The van der Waals surface area contributed by atoms with Crippen molar-refractivity contribution in [3.05, 3.63) is 80.9 Å². The van der Waals surface area contributed by atoms with Crippen LogP contribution in [-0.2, 0) is 13.2 Å². The zero-order valence-electron chi connectivity index (χ0n) is 16.5. The van der Waals surface area contributed by atoms with Crippen molar-refractivity contribution in [3.63, 3.8) is 0 Å². The molecular formula is C22H22N2O5. The second-order valence-corrected chi connectivity index (χ2v) is 6.56. The average molecular weight is 394 g/mol. The minimum Gasteiger partial charge on any atom is -0.476 e. The van der Waals surface area contributed by atoms with Gasteiger partial charge in [-0.2, -0.15) is 4.98 Å². The van der Waals surface area contributed by atoms with Crippen molar-refractivity contribution in [1.82, 2.24) is 4.98 Å². The molecule has 150 valence electrons. The largest absolute Gasteiger partial charge is 0.476 e. The summed E-state index contributed by atoms with van der Waals surface area (Å²) in [5, 5.41) is 20.5. The summed E-state index contributed by atoms with van der Waals surface area (Å²) in [5.41, 5.74) is 5.87. The van der Waals surface area contributed by atoms with Crippen LogP contribution in [0.1, 0.15) is 22.3 Å². The van der Waals surface area contributed by atoms with E-state index in [4.69, 9.17) is 9.47 Å². The van der Waals surface area contributed by atoms with Crippen LogP contribution in [0.2, 0.25) is 0 Å². The fraction of sp³-hybridized carbons (Fsp3) is 0.227. The summed E-state index contributed by atoms with van der Waals surface area (Å²) in [7, 11) is 1.33. The van der Waals surface area contributed by atoms with E-state index in [1.165, 1.54) is 19.2 Å². The summed E-state index contributed by atoms with van der Waals surface area (Å²) >= 11 is 0. The Labute approximate surface area is 168 Å². The van der Waals surface area contributed by atoms with Crippen LogP contribution < -0.4 is 9.47 Å². The number of hydrogen-bond donors (Lipinski definition) is 1. The number of benzene rings is 2. The predicted molar refractivity (Wildman–Crippen MR) is 109 cm³/mol. The number of nitro groups is 1. The summed E-state index contributed by atoms with van der Waals surface area (Å²) in [5.74, 6) is 0.158. The maximum Gasteiger partial charge on any atom is 0.331 e. The Morgan fingerprint density at radius 3 is 2.21 bits per heavy atom. The van der Waals surface area contributed by atoms with Gasteiger partial charge in [-0.05, 0) is 47.2 Å². The van der Waals surface area contributed by atoms with E-state index in [9.17, 15) is 15.2 Å². The lowest BCUT2D eigenvalue weighted by Gasteiger charge is -2.15. The highest BCUT2D eigenvalue weighted by atomic mass is 16.6. The summed E-state index contributed by atoms with van der Waals surface area (Å²) in [6.07, 6.45) is 0. The fourth-order valence-electron chi connectivity index (χ4n) is 3.22. The van der Waals surface area contributed by atoms with Crippen LogP contribution in [0.25, 0.3) is 11.1 Å². The molecule has 0 unspecified atom stereocenters. The average Bonchev–Trinajstić information content (AvgIpc) is 2.73. The fourth-order valence-corrected chi connectivity index (χ4v) is 3.22. The zero-order valence-corrected chi connectivity index (χ0v) is 16.5. The molecule has 0 radical (unpaired) electrons. The van der Waals surface area contributed by atoms with E-state index in [1.807, 2.05) is 50.2 Å². The monoisotopic (exact) mass is 394 g/mol. The SMILES string of the molecule is COc1nc(OCc2cccc(-c3cccc(CO)c3C)c2C)ccc1[N+](=O)[O-]. The molecule has 0 atom stereocenters. The van der Waals surface area contributed by atoms with Crippen LogP contribution in [0, 0.1) is 24.0 Å². The highest BCUT2D eigenvalue weighted by Gasteiger charge is 2.17. The molecule has 1 N–H and O–H groups in total. The molecule has 0 spiro atoms. The van der Waals surface area contributed by atoms with Crippen molar-refractivity contribution in [2.24, 2.45) is 0 Å². The molecule has 0 aliphatic rings. The number of aromatic nitrogens is 1. The van der Waals surface area contributed by atoms with Crippen molar-refractivity contribution in [1.29, 1.82) is 0 Å². The number of aliphatic hydroxyl groups excluding tert-OH is 1. The standard InChI is InChI=1S/C22H22N2O5/c1-14-16(12-25)6-4-8-18(14)19-9-5-7-17(15(19)2)13-29-21-11-10-20(24(26)27)22(23-21)28-3/h4-11,25H,12-13H2,1-3H3. The molecule has 0 fully saturated rings. The minimum absolute atomic E-state index is 0.00479. The van der Waals surface area contributed by atoms with Gasteiger partial charge in [-0.25, -0.2) is 0 Å². The van der Waals surface area contributed by atoms with E-state index in [2.05, 4.69) is 4.98 Å². The number of methoxy groups -OCH3 is 1. The van der Waals surface area contributed by atoms with Gasteiger partial charge in [0.25, 0.3) is 5.88 Å². The number of nitrogens with zero attached hydrogens (tertiary/aromatic N) is 2. The van der Waals surface area contributed by atoms with Gasteiger partial charge in [0.15, 0.2) is 0 Å². The maximum absolute atomic E-state index is 11.0. The summed E-state index contributed by atoms with van der Waals surface area (Å²) in [4.78, 5) is 14.5. The van der Waals surface area contributed by atoms with Crippen molar-refractivity contribution in [2.45, 2.75) is 27.1 Å². The van der Waals surface area contributed by atoms with E-state index in [-0.39, 0.29) is 30.7 Å². The van der Waals surface area contributed by atoms with Crippen molar-refractivity contribution >= 4 is 5.69 Å². The first-order valence-electron chi connectivity index (χ1n) is 9.06. The lowest BCUT2D eigenvalue weighted by atomic mass is 9.92. The lowest BCUT2D eigenvalue weighted by molar-refractivity contribution is -0.386. The maximum atomic E-state index is 11.0. The Kier molecular flexibility index (Phi) is 6.09. The second kappa shape index (κ2) is 8.70. The summed E-state index contributed by atoms with van der Waals surface area (Å²) in [6.45, 7) is 4.26. The van der Waals surface area contributed by atoms with Gasteiger partial charge in [0, 0.05) is 12.1 Å². The number of ether oxygens (including phenoxy) is 2. The quantitative estimate of drug-likeness (QED) is 0.473. The van der Waals surface area contributed by atoms with Crippen molar-refractivity contribution < 1.29 is 19.5 Å². The van der Waals surface area contributed by atoms with Crippen LogP contribution in [0.4, 0.5) is 5.69 Å². The molecule has 0 aliphatic carbocycles. The lowest BCUT2D eigenvalue weighted by Crippen LogP contribution is -2.03. The van der Waals surface area contributed by atoms with Crippen LogP contribution in [0.3, 0.4) is 0 Å². The van der Waals surface area contributed by atoms with Crippen molar-refractivity contribution in [2.75, 3.05) is 7.11 Å². The molecule has 2 aromatic carbocycles. The third-order valence-corrected chi connectivity index (χ3v) is 4.93. The Bertz CT molecular complexity index is 1050. The minimum atomic E-state index is -0.550. The van der Waals surface area contributed by atoms with E-state index >= 15 is 0 Å². The third kappa shape index (κ3) is 4.20. The molecule has 0 amide bonds. The zero-order chi connectivity index (χ0) is 21.0. The second-order valence-electron chi connectivity index (χ2n) is 6.56. The van der Waals surface area contributed by atoms with Gasteiger partial charge < -0.3 is 14.6 Å². The highest BCUT2D eigenvalue weighted by molar-refractivity contribution is 5.72. The summed E-state index contributed by atoms with van der Waals surface area (Å²) < 4.78 is 10.7. The van der Waals surface area contributed by atoms with E-state index < -0.39 is 4.92 Å². The van der Waals surface area contributed by atoms with Crippen molar-refractivity contribution in [3.8, 4) is 22.9 Å². The normalized spacial score (nSPS) is 10.6. The Morgan fingerprint density at radius 1 is 1.00 bits per heavy atom. The molecule has 7 heteroatoms. The molecule has 1 aromatic heterocycles. The molecular weight excluding hydrogens is 372 g/mol. The molecule has 7 nitrogen and oxygen atoms in total. The first-order valence-corrected chi connectivity index (χ1v) is 9.06. The smallest absolute Gasteiger partial charge is 0.331 e. The summed E-state index contributed by atoms with van der Waals surface area (Å²) in [6, 6.07) is 14.6. The first-order chi connectivity index (χ1) is 14.0. The molecule has 3 rings (SSSR count).